The number of furan rings is 1. The highest BCUT2D eigenvalue weighted by Gasteiger charge is 2.27. The number of nitrogens with zero attached hydrogens (tertiary/aromatic N) is 1. The maximum atomic E-state index is 12.1. The highest BCUT2D eigenvalue weighted by molar-refractivity contribution is 6.27. The summed E-state index contributed by atoms with van der Waals surface area (Å²) in [5.74, 6) is 0.207. The number of halogens is 1. The average Bonchev–Trinajstić information content (AvgIpc) is 2.86. The van der Waals surface area contributed by atoms with Gasteiger partial charge in [0.2, 0.25) is 5.91 Å². The molecule has 5 heteroatoms. The van der Waals surface area contributed by atoms with E-state index in [1.807, 2.05) is 0 Å². The predicted molar refractivity (Wildman–Crippen MR) is 72.3 cm³/mol. The Labute approximate surface area is 117 Å². The molecule has 1 aromatic heterocycles. The number of rotatable bonds is 4. The first-order chi connectivity index (χ1) is 9.22. The number of likely N-dealkylation sites (tertiary alicyclic amines) is 1. The van der Waals surface area contributed by atoms with Crippen LogP contribution in [0.15, 0.2) is 22.8 Å². The van der Waals surface area contributed by atoms with Crippen molar-refractivity contribution in [1.82, 2.24) is 4.90 Å². The van der Waals surface area contributed by atoms with Gasteiger partial charge in [0.05, 0.1) is 6.26 Å². The molecule has 0 N–H and O–H groups in total. The lowest BCUT2D eigenvalue weighted by Gasteiger charge is -2.29. The van der Waals surface area contributed by atoms with Crippen LogP contribution in [0.2, 0.25) is 0 Å². The van der Waals surface area contributed by atoms with Crippen LogP contribution in [0.25, 0.3) is 0 Å². The van der Waals surface area contributed by atoms with Gasteiger partial charge in [-0.25, -0.2) is 0 Å². The molecule has 1 atom stereocenters. The lowest BCUT2D eigenvalue weighted by atomic mass is 10.0. The molecule has 2 rings (SSSR count). The smallest absolute Gasteiger partial charge is 0.237 e. The fourth-order valence-corrected chi connectivity index (χ4v) is 2.70. The predicted octanol–water partition coefficient (Wildman–Crippen LogP) is 2.86. The van der Waals surface area contributed by atoms with Crippen molar-refractivity contribution in [3.8, 4) is 0 Å². The van der Waals surface area contributed by atoms with E-state index in [1.165, 1.54) is 6.26 Å². The van der Waals surface area contributed by atoms with Crippen molar-refractivity contribution in [2.45, 2.75) is 38.1 Å². The highest BCUT2D eigenvalue weighted by atomic mass is 35.5. The van der Waals surface area contributed by atoms with Crippen LogP contribution in [0.4, 0.5) is 0 Å². The van der Waals surface area contributed by atoms with E-state index in [0.717, 1.165) is 25.7 Å². The monoisotopic (exact) mass is 283 g/mol. The van der Waals surface area contributed by atoms with E-state index >= 15 is 0 Å². The summed E-state index contributed by atoms with van der Waals surface area (Å²) in [6.07, 6.45) is 5.78. The van der Waals surface area contributed by atoms with Gasteiger partial charge >= 0.3 is 0 Å². The van der Waals surface area contributed by atoms with E-state index in [4.69, 9.17) is 16.0 Å². The van der Waals surface area contributed by atoms with E-state index in [2.05, 4.69) is 0 Å². The zero-order valence-electron chi connectivity index (χ0n) is 10.8. The third-order valence-electron chi connectivity index (χ3n) is 3.53. The van der Waals surface area contributed by atoms with E-state index in [-0.39, 0.29) is 23.6 Å². The zero-order chi connectivity index (χ0) is 13.7. The second-order valence-corrected chi connectivity index (χ2v) is 5.10. The largest absolute Gasteiger partial charge is 0.461 e. The second kappa shape index (κ2) is 6.75. The van der Waals surface area contributed by atoms with Crippen molar-refractivity contribution in [3.05, 3.63) is 24.2 Å². The van der Waals surface area contributed by atoms with Crippen molar-refractivity contribution < 1.29 is 14.0 Å². The minimum absolute atomic E-state index is 0.0224. The number of carbonyl (C=O) groups excluding carboxylic acids is 2. The molecule has 0 bridgehead atoms. The third-order valence-corrected chi connectivity index (χ3v) is 3.76. The van der Waals surface area contributed by atoms with E-state index in [9.17, 15) is 9.59 Å². The summed E-state index contributed by atoms with van der Waals surface area (Å²) in [5, 5.41) is 0. The van der Waals surface area contributed by atoms with Gasteiger partial charge in [0.15, 0.2) is 11.5 Å². The molecule has 19 heavy (non-hydrogen) atoms. The summed E-state index contributed by atoms with van der Waals surface area (Å²) in [6, 6.07) is 3.31. The van der Waals surface area contributed by atoms with Gasteiger partial charge in [-0.05, 0) is 25.0 Å². The Morgan fingerprint density at radius 3 is 2.89 bits per heavy atom. The summed E-state index contributed by atoms with van der Waals surface area (Å²) in [4.78, 5) is 25.7. The first-order valence-corrected chi connectivity index (χ1v) is 7.18. The SMILES string of the molecule is O=C(CC1CCCCCN1C(=O)CCl)c1ccco1. The molecule has 0 radical (unpaired) electrons. The Morgan fingerprint density at radius 1 is 1.37 bits per heavy atom. The summed E-state index contributed by atoms with van der Waals surface area (Å²) >= 11 is 5.65. The molecular formula is C14H18ClNO3. The van der Waals surface area contributed by atoms with Gasteiger partial charge in [-0.1, -0.05) is 12.8 Å². The van der Waals surface area contributed by atoms with Gasteiger partial charge in [0.1, 0.15) is 5.88 Å². The number of amides is 1. The lowest BCUT2D eigenvalue weighted by Crippen LogP contribution is -2.41. The second-order valence-electron chi connectivity index (χ2n) is 4.83. The maximum Gasteiger partial charge on any atom is 0.237 e. The molecule has 0 aromatic carbocycles. The summed E-state index contributed by atoms with van der Waals surface area (Å²) in [7, 11) is 0. The summed E-state index contributed by atoms with van der Waals surface area (Å²) in [6.45, 7) is 0.696. The number of carbonyl (C=O) groups is 2. The molecule has 0 spiro atoms. The highest BCUT2D eigenvalue weighted by Crippen LogP contribution is 2.21. The minimum atomic E-state index is -0.0826. The fourth-order valence-electron chi connectivity index (χ4n) is 2.55. The number of Topliss-reactive ketones (excluding diaryl/α,β-unsaturated/α-hetero) is 1. The molecule has 1 fully saturated rings. The van der Waals surface area contributed by atoms with Crippen LogP contribution in [0.5, 0.6) is 0 Å². The summed E-state index contributed by atoms with van der Waals surface area (Å²) in [5.41, 5.74) is 0. The molecule has 4 nitrogen and oxygen atoms in total. The van der Waals surface area contributed by atoms with Crippen LogP contribution in [0.1, 0.15) is 42.7 Å². The molecular weight excluding hydrogens is 266 g/mol. The molecule has 2 heterocycles. The lowest BCUT2D eigenvalue weighted by molar-refractivity contribution is -0.130. The zero-order valence-corrected chi connectivity index (χ0v) is 11.6. The Morgan fingerprint density at radius 2 is 2.21 bits per heavy atom. The Hall–Kier alpha value is -1.29. The number of hydrogen-bond donors (Lipinski definition) is 0. The normalized spacial score (nSPS) is 20.1. The van der Waals surface area contributed by atoms with Crippen molar-refractivity contribution in [2.75, 3.05) is 12.4 Å². The maximum absolute atomic E-state index is 12.1. The van der Waals surface area contributed by atoms with Crippen LogP contribution in [-0.2, 0) is 4.79 Å². The molecule has 1 aliphatic rings. The van der Waals surface area contributed by atoms with Gasteiger partial charge in [-0.2, -0.15) is 0 Å². The quantitative estimate of drug-likeness (QED) is 0.631. The topological polar surface area (TPSA) is 50.5 Å². The first-order valence-electron chi connectivity index (χ1n) is 6.64. The molecule has 1 aliphatic heterocycles. The third kappa shape index (κ3) is 3.60. The molecule has 0 aliphatic carbocycles. The number of ketones is 1. The van der Waals surface area contributed by atoms with Gasteiger partial charge < -0.3 is 9.32 Å². The number of alkyl halides is 1. The van der Waals surface area contributed by atoms with Crippen LogP contribution in [0, 0.1) is 0 Å². The van der Waals surface area contributed by atoms with E-state index in [0.29, 0.717) is 18.7 Å². The Kier molecular flexibility index (Phi) is 5.02. The minimum Gasteiger partial charge on any atom is -0.461 e. The van der Waals surface area contributed by atoms with Crippen LogP contribution >= 0.6 is 11.6 Å². The number of hydrogen-bond acceptors (Lipinski definition) is 3. The van der Waals surface area contributed by atoms with Crippen molar-refractivity contribution in [2.24, 2.45) is 0 Å². The first kappa shape index (κ1) is 14.1. The van der Waals surface area contributed by atoms with Gasteiger partial charge in [0.25, 0.3) is 0 Å². The van der Waals surface area contributed by atoms with Gasteiger partial charge in [0, 0.05) is 19.0 Å². The molecule has 1 amide bonds. The summed E-state index contributed by atoms with van der Waals surface area (Å²) < 4.78 is 5.11. The average molecular weight is 284 g/mol. The van der Waals surface area contributed by atoms with Crippen molar-refractivity contribution >= 4 is 23.3 Å². The fraction of sp³-hybridized carbons (Fsp3) is 0.571. The van der Waals surface area contributed by atoms with Crippen LogP contribution in [-0.4, -0.2) is 35.1 Å². The molecule has 104 valence electrons. The van der Waals surface area contributed by atoms with Crippen LogP contribution in [0.3, 0.4) is 0 Å². The van der Waals surface area contributed by atoms with E-state index < -0.39 is 0 Å². The Bertz CT molecular complexity index is 430. The molecule has 1 saturated heterocycles. The van der Waals surface area contributed by atoms with Gasteiger partial charge in [-0.3, -0.25) is 9.59 Å². The van der Waals surface area contributed by atoms with Crippen LogP contribution < -0.4 is 0 Å². The van der Waals surface area contributed by atoms with Crippen molar-refractivity contribution in [3.63, 3.8) is 0 Å². The Balaban J connectivity index is 2.05. The van der Waals surface area contributed by atoms with Gasteiger partial charge in [-0.15, -0.1) is 11.6 Å². The standard InChI is InChI=1S/C14H18ClNO3/c15-10-14(18)16-7-3-1-2-5-11(16)9-12(17)13-6-4-8-19-13/h4,6,8,11H,1-3,5,7,9-10H2. The van der Waals surface area contributed by atoms with E-state index in [1.54, 1.807) is 17.0 Å². The molecule has 0 saturated carbocycles. The molecule has 1 aromatic rings. The molecule has 1 unspecified atom stereocenters. The van der Waals surface area contributed by atoms with Crippen molar-refractivity contribution in [1.29, 1.82) is 0 Å².